The maximum atomic E-state index is 14.3. The molecule has 0 radical (unpaired) electrons. The number of imidazole rings is 1. The van der Waals surface area contributed by atoms with Crippen LogP contribution in [0.15, 0.2) is 79.0 Å². The van der Waals surface area contributed by atoms with E-state index in [1.807, 2.05) is 49.1 Å². The fourth-order valence-electron chi connectivity index (χ4n) is 10.4. The normalized spacial score (nSPS) is 21.6. The molecule has 9 rings (SSSR count). The molecule has 0 saturated carbocycles. The van der Waals surface area contributed by atoms with Crippen molar-refractivity contribution in [1.82, 2.24) is 30.4 Å². The Kier molecular flexibility index (Phi) is 12.3. The maximum absolute atomic E-state index is 14.3. The van der Waals surface area contributed by atoms with Crippen molar-refractivity contribution in [3.8, 4) is 28.1 Å². The predicted molar refractivity (Wildman–Crippen MR) is 250 cm³/mol. The van der Waals surface area contributed by atoms with Gasteiger partial charge >= 0.3 is 12.2 Å². The number of nitrogens with zero attached hydrogens (tertiary/aromatic N) is 4. The molecule has 0 spiro atoms. The second kappa shape index (κ2) is 18.2. The van der Waals surface area contributed by atoms with Gasteiger partial charge in [0.25, 0.3) is 5.91 Å². The molecule has 1 aromatic heterocycles. The first kappa shape index (κ1) is 44.4. The highest BCUT2D eigenvalue weighted by molar-refractivity contribution is 6.05. The van der Waals surface area contributed by atoms with E-state index in [4.69, 9.17) is 23.9 Å². The molecule has 7 atom stereocenters. The molecule has 2 saturated heterocycles. The van der Waals surface area contributed by atoms with Gasteiger partial charge in [-0.3, -0.25) is 9.59 Å². The largest absolute Gasteiger partial charge is 0.488 e. The highest BCUT2D eigenvalue weighted by Crippen LogP contribution is 2.48. The van der Waals surface area contributed by atoms with Gasteiger partial charge in [-0.2, -0.15) is 0 Å². The van der Waals surface area contributed by atoms with E-state index in [1.165, 1.54) is 14.2 Å². The Hall–Kier alpha value is -6.81. The lowest BCUT2D eigenvalue weighted by Gasteiger charge is -2.38. The number of aromatic amines is 1. The number of hydrogen-bond donors (Lipinski definition) is 4. The number of likely N-dealkylation sites (N-methyl/N-ethyl adjacent to an activating group) is 1. The number of nitrogens with one attached hydrogen (secondary N) is 4. The molecular formula is C50H58N8O8. The molecule has 346 valence electrons. The summed E-state index contributed by atoms with van der Waals surface area (Å²) in [6.07, 6.45) is 2.62. The second-order valence-electron chi connectivity index (χ2n) is 18.2. The summed E-state index contributed by atoms with van der Waals surface area (Å²) < 4.78 is 21.8. The van der Waals surface area contributed by atoms with E-state index in [-0.39, 0.29) is 47.9 Å². The molecule has 0 bridgehead atoms. The number of fused-ring (bicyclic) bond motifs is 6. The van der Waals surface area contributed by atoms with Crippen molar-refractivity contribution >= 4 is 46.1 Å². The Bertz CT molecular complexity index is 2650. The van der Waals surface area contributed by atoms with Crippen LogP contribution in [0, 0.1) is 11.8 Å². The van der Waals surface area contributed by atoms with Crippen LogP contribution in [0.4, 0.5) is 21.0 Å². The lowest BCUT2D eigenvalue weighted by Crippen LogP contribution is -2.58. The van der Waals surface area contributed by atoms with Gasteiger partial charge in [0.15, 0.2) is 0 Å². The van der Waals surface area contributed by atoms with E-state index >= 15 is 0 Å². The molecular weight excluding hydrogens is 841 g/mol. The molecule has 2 fully saturated rings. The Morgan fingerprint density at radius 3 is 2.42 bits per heavy atom. The van der Waals surface area contributed by atoms with Gasteiger partial charge < -0.3 is 54.6 Å². The number of likely N-dealkylation sites (tertiary alicyclic amines) is 2. The van der Waals surface area contributed by atoms with Crippen molar-refractivity contribution in [3.63, 3.8) is 0 Å². The number of carbonyl (C=O) groups is 4. The van der Waals surface area contributed by atoms with Crippen molar-refractivity contribution < 1.29 is 38.1 Å². The first-order valence-electron chi connectivity index (χ1n) is 22.7. The smallest absolute Gasteiger partial charge is 0.407 e. The molecule has 0 aliphatic carbocycles. The van der Waals surface area contributed by atoms with Crippen LogP contribution < -0.4 is 25.6 Å². The molecule has 5 heterocycles. The summed E-state index contributed by atoms with van der Waals surface area (Å²) in [5.74, 6) is 1.03. The summed E-state index contributed by atoms with van der Waals surface area (Å²) in [6.45, 7) is 7.22. The summed E-state index contributed by atoms with van der Waals surface area (Å²) in [6, 6.07) is 21.9. The molecule has 4 aromatic carbocycles. The Labute approximate surface area is 384 Å². The molecule has 4 aliphatic rings. The summed E-state index contributed by atoms with van der Waals surface area (Å²) in [7, 11) is 6.30. The van der Waals surface area contributed by atoms with Gasteiger partial charge in [-0.05, 0) is 84.0 Å². The first-order chi connectivity index (χ1) is 31.9. The zero-order chi connectivity index (χ0) is 46.4. The monoisotopic (exact) mass is 898 g/mol. The number of aromatic nitrogens is 2. The molecule has 4 amide bonds. The summed E-state index contributed by atoms with van der Waals surface area (Å²) in [5, 5.41) is 11.4. The fraction of sp³-hybridized carbons (Fsp3) is 0.420. The van der Waals surface area contributed by atoms with Crippen LogP contribution in [0.25, 0.3) is 33.2 Å². The van der Waals surface area contributed by atoms with Crippen LogP contribution in [0.3, 0.4) is 0 Å². The topological polar surface area (TPSA) is 180 Å². The quantitative estimate of drug-likeness (QED) is 0.104. The minimum absolute atomic E-state index is 0.00815. The number of methoxy groups -OCH3 is 3. The number of hydrogen-bond acceptors (Lipinski definition) is 11. The first-order valence-corrected chi connectivity index (χ1v) is 22.7. The number of benzene rings is 4. The number of carbonyl (C=O) groups excluding carboxylic acids is 4. The third-order valence-electron chi connectivity index (χ3n) is 13.8. The lowest BCUT2D eigenvalue weighted by molar-refractivity contribution is -0.137. The van der Waals surface area contributed by atoms with Crippen molar-refractivity contribution in [3.05, 3.63) is 95.9 Å². The van der Waals surface area contributed by atoms with Crippen molar-refractivity contribution in [2.75, 3.05) is 51.7 Å². The predicted octanol–water partition coefficient (Wildman–Crippen LogP) is 7.37. The number of rotatable bonds is 11. The minimum atomic E-state index is -0.945. The molecule has 4 N–H and O–H groups in total. The van der Waals surface area contributed by atoms with E-state index in [9.17, 15) is 19.2 Å². The minimum Gasteiger partial charge on any atom is -0.488 e. The number of amides is 4. The van der Waals surface area contributed by atoms with Crippen LogP contribution in [0.1, 0.15) is 69.1 Å². The van der Waals surface area contributed by atoms with Crippen LogP contribution in [0.5, 0.6) is 5.75 Å². The van der Waals surface area contributed by atoms with Crippen molar-refractivity contribution in [1.29, 1.82) is 0 Å². The van der Waals surface area contributed by atoms with Gasteiger partial charge in [0.1, 0.15) is 36.4 Å². The zero-order valence-electron chi connectivity index (χ0n) is 38.4. The average Bonchev–Trinajstić information content (AvgIpc) is 4.14. The Morgan fingerprint density at radius 2 is 1.68 bits per heavy atom. The Balaban J connectivity index is 0.958. The van der Waals surface area contributed by atoms with Crippen LogP contribution in [-0.4, -0.2) is 110 Å². The SMILES string of the molecule is COC[C@H]1C[C@@H](c2ncc(-c3ccc4c(c3)COc3cc5c6c(ccc5cc3-4)N(C)C([C@@H]3CC[C@H](C)N3C(=O)[C@@H](NC(=O)OC)C(C)C)N6)[nH]2)N(C(=O)[C@H](NC(=O)OC)c2ccccc2)C1. The van der Waals surface area contributed by atoms with Gasteiger partial charge in [0, 0.05) is 43.6 Å². The van der Waals surface area contributed by atoms with E-state index in [1.54, 1.807) is 18.2 Å². The summed E-state index contributed by atoms with van der Waals surface area (Å²) in [5.41, 5.74) is 7.55. The third kappa shape index (κ3) is 8.11. The Morgan fingerprint density at radius 1 is 0.909 bits per heavy atom. The molecule has 4 aliphatic heterocycles. The highest BCUT2D eigenvalue weighted by Gasteiger charge is 2.46. The van der Waals surface area contributed by atoms with Crippen molar-refractivity contribution in [2.45, 2.75) is 83.0 Å². The van der Waals surface area contributed by atoms with Gasteiger partial charge in [0.2, 0.25) is 5.91 Å². The van der Waals surface area contributed by atoms with E-state index in [0.29, 0.717) is 37.6 Å². The molecule has 16 heteroatoms. The number of alkyl carbamates (subject to hydrolysis) is 2. The third-order valence-corrected chi connectivity index (χ3v) is 13.8. The zero-order valence-corrected chi connectivity index (χ0v) is 38.4. The van der Waals surface area contributed by atoms with Crippen LogP contribution in [-0.2, 0) is 30.4 Å². The standard InChI is InChI=1S/C50H58N8O8/c1-27(2)42(54-49(61)64-6)48(60)58-28(3)13-17-39(58)46-53-44-35-22-41-36(21-31(35)15-18-38(44)56(46)4)34-16-14-32(20-33(34)26-66-41)37-23-51-45(52-37)40-19-29(25-63-5)24-57(40)47(59)43(55-50(62)65-7)30-11-9-8-10-12-30/h8-12,14-16,18,20-23,27-29,39-40,42-43,46,53H,13,17,19,24-26H2,1-7H3,(H,51,52)(H,54,61)(H,55,62)/t28-,29-,39-,40-,42-,43+,46?/m0/s1. The van der Waals surface area contributed by atoms with Gasteiger partial charge in [-0.25, -0.2) is 14.6 Å². The number of H-pyrrole nitrogens is 1. The summed E-state index contributed by atoms with van der Waals surface area (Å²) >= 11 is 0. The highest BCUT2D eigenvalue weighted by atomic mass is 16.5. The fourth-order valence-corrected chi connectivity index (χ4v) is 10.4. The van der Waals surface area contributed by atoms with E-state index in [2.05, 4.69) is 82.3 Å². The number of anilines is 2. The average molecular weight is 899 g/mol. The van der Waals surface area contributed by atoms with Gasteiger partial charge in [-0.1, -0.05) is 62.4 Å². The second-order valence-corrected chi connectivity index (χ2v) is 18.2. The number of ether oxygens (including phenoxy) is 4. The summed E-state index contributed by atoms with van der Waals surface area (Å²) in [4.78, 5) is 67.5. The molecule has 66 heavy (non-hydrogen) atoms. The van der Waals surface area contributed by atoms with E-state index in [0.717, 1.165) is 68.7 Å². The lowest BCUT2D eigenvalue weighted by atomic mass is 9.92. The maximum Gasteiger partial charge on any atom is 0.407 e. The molecule has 1 unspecified atom stereocenters. The molecule has 5 aromatic rings. The van der Waals surface area contributed by atoms with Crippen LogP contribution >= 0.6 is 0 Å². The molecule has 16 nitrogen and oxygen atoms in total. The van der Waals surface area contributed by atoms with Crippen LogP contribution in [0.2, 0.25) is 0 Å². The van der Waals surface area contributed by atoms with Gasteiger partial charge in [-0.15, -0.1) is 0 Å². The van der Waals surface area contributed by atoms with Gasteiger partial charge in [0.05, 0.1) is 56.2 Å². The van der Waals surface area contributed by atoms with Crippen molar-refractivity contribution in [2.24, 2.45) is 11.8 Å². The van der Waals surface area contributed by atoms with E-state index < -0.39 is 24.3 Å².